The molecule has 0 saturated carbocycles. The summed E-state index contributed by atoms with van der Waals surface area (Å²) in [7, 11) is 0. The molecular weight excluding hydrogens is 308 g/mol. The van der Waals surface area contributed by atoms with Crippen molar-refractivity contribution in [3.8, 4) is 5.88 Å². The van der Waals surface area contributed by atoms with Gasteiger partial charge in [-0.05, 0) is 12.5 Å². The van der Waals surface area contributed by atoms with Crippen molar-refractivity contribution in [1.29, 1.82) is 0 Å². The van der Waals surface area contributed by atoms with Crippen LogP contribution in [0.4, 0.5) is 23.2 Å². The van der Waals surface area contributed by atoms with Crippen LogP contribution in [0.25, 0.3) is 0 Å². The third kappa shape index (κ3) is 4.30. The molecule has 1 aliphatic rings. The summed E-state index contributed by atoms with van der Waals surface area (Å²) in [6.07, 6.45) is -1.98. The minimum absolute atomic E-state index is 0.225. The second kappa shape index (κ2) is 6.91. The van der Waals surface area contributed by atoms with Crippen LogP contribution < -0.4 is 10.1 Å². The highest BCUT2D eigenvalue weighted by molar-refractivity contribution is 5.92. The van der Waals surface area contributed by atoms with Crippen molar-refractivity contribution in [1.82, 2.24) is 4.98 Å². The summed E-state index contributed by atoms with van der Waals surface area (Å²) in [4.78, 5) is 15.5. The molecule has 122 valence electrons. The van der Waals surface area contributed by atoms with E-state index < -0.39 is 19.0 Å². The Bertz CT molecular complexity index is 505. The van der Waals surface area contributed by atoms with Gasteiger partial charge in [-0.3, -0.25) is 4.79 Å². The quantitative estimate of drug-likeness (QED) is 0.817. The Morgan fingerprint density at radius 2 is 2.27 bits per heavy atom. The summed E-state index contributed by atoms with van der Waals surface area (Å²) >= 11 is 0. The fraction of sp³-hybridized carbons (Fsp3) is 0.538. The van der Waals surface area contributed by atoms with Crippen molar-refractivity contribution in [2.75, 3.05) is 25.1 Å². The molecule has 0 aromatic carbocycles. The zero-order valence-electron chi connectivity index (χ0n) is 11.4. The molecule has 0 bridgehead atoms. The average Bonchev–Trinajstić information content (AvgIpc) is 3.01. The molecule has 5 nitrogen and oxygen atoms in total. The molecule has 0 spiro atoms. The second-order valence-electron chi connectivity index (χ2n) is 4.79. The number of halogens is 4. The number of aromatic nitrogens is 1. The van der Waals surface area contributed by atoms with E-state index in [1.54, 1.807) is 0 Å². The first-order valence-corrected chi connectivity index (χ1v) is 6.52. The first-order valence-electron chi connectivity index (χ1n) is 6.52. The van der Waals surface area contributed by atoms with Gasteiger partial charge in [-0.2, -0.15) is 8.78 Å². The van der Waals surface area contributed by atoms with Crippen molar-refractivity contribution in [2.24, 2.45) is 5.92 Å². The third-order valence-electron chi connectivity index (χ3n) is 3.04. The molecule has 1 amide bonds. The van der Waals surface area contributed by atoms with Crippen molar-refractivity contribution in [2.45, 2.75) is 18.8 Å². The summed E-state index contributed by atoms with van der Waals surface area (Å²) < 4.78 is 58.9. The number of ether oxygens (including phenoxy) is 2. The van der Waals surface area contributed by atoms with Crippen molar-refractivity contribution in [3.63, 3.8) is 0 Å². The highest BCUT2D eigenvalue weighted by Crippen LogP contribution is 2.24. The van der Waals surface area contributed by atoms with E-state index in [4.69, 9.17) is 4.74 Å². The maximum Gasteiger partial charge on any atom is 0.340 e. The minimum Gasteiger partial charge on any atom is -0.471 e. The molecule has 1 N–H and O–H groups in total. The monoisotopic (exact) mass is 322 g/mol. The van der Waals surface area contributed by atoms with E-state index in [0.717, 1.165) is 0 Å². The molecule has 0 radical (unpaired) electrons. The van der Waals surface area contributed by atoms with Crippen LogP contribution in [0.3, 0.4) is 0 Å². The fourth-order valence-electron chi connectivity index (χ4n) is 1.76. The maximum absolute atomic E-state index is 12.7. The molecule has 1 fully saturated rings. The van der Waals surface area contributed by atoms with Crippen LogP contribution in [0.2, 0.25) is 0 Å². The van der Waals surface area contributed by atoms with Gasteiger partial charge in [0.15, 0.2) is 6.61 Å². The normalized spacial score (nSPS) is 18.5. The van der Waals surface area contributed by atoms with E-state index in [-0.39, 0.29) is 17.7 Å². The molecule has 1 aromatic rings. The molecule has 1 saturated heterocycles. The number of hydrogen-bond donors (Lipinski definition) is 1. The highest BCUT2D eigenvalue weighted by Gasteiger charge is 2.41. The molecule has 1 unspecified atom stereocenters. The predicted octanol–water partition coefficient (Wildman–Crippen LogP) is 2.34. The zero-order valence-corrected chi connectivity index (χ0v) is 11.4. The Kier molecular flexibility index (Phi) is 5.17. The van der Waals surface area contributed by atoms with E-state index >= 15 is 0 Å². The maximum atomic E-state index is 12.7. The number of carbonyl (C=O) groups excluding carboxylic acids is 1. The van der Waals surface area contributed by atoms with Gasteiger partial charge in [0, 0.05) is 12.7 Å². The Balaban J connectivity index is 1.86. The SMILES string of the molecule is O=C(Nc1ccc(OCC(F)(F)C(F)F)nc1)C1CCOC1. The van der Waals surface area contributed by atoms with Crippen molar-refractivity contribution < 1.29 is 31.8 Å². The number of pyridine rings is 1. The number of hydrogen-bond acceptors (Lipinski definition) is 4. The Hall–Kier alpha value is -1.90. The van der Waals surface area contributed by atoms with Crippen LogP contribution >= 0.6 is 0 Å². The molecule has 1 aromatic heterocycles. The smallest absolute Gasteiger partial charge is 0.340 e. The summed E-state index contributed by atoms with van der Waals surface area (Å²) in [5.41, 5.74) is 0.352. The lowest BCUT2D eigenvalue weighted by Crippen LogP contribution is -2.33. The van der Waals surface area contributed by atoms with Crippen LogP contribution in [0.15, 0.2) is 18.3 Å². The third-order valence-corrected chi connectivity index (χ3v) is 3.04. The fourth-order valence-corrected chi connectivity index (χ4v) is 1.76. The van der Waals surface area contributed by atoms with Crippen LogP contribution in [0, 0.1) is 5.92 Å². The molecule has 2 rings (SSSR count). The van der Waals surface area contributed by atoms with Crippen LogP contribution in [0.5, 0.6) is 5.88 Å². The Labute approximate surface area is 123 Å². The van der Waals surface area contributed by atoms with E-state index in [0.29, 0.717) is 25.3 Å². The van der Waals surface area contributed by atoms with Crippen LogP contribution in [-0.4, -0.2) is 43.1 Å². The topological polar surface area (TPSA) is 60.5 Å². The summed E-state index contributed by atoms with van der Waals surface area (Å²) in [5.74, 6) is -4.93. The lowest BCUT2D eigenvalue weighted by molar-refractivity contribution is -0.148. The van der Waals surface area contributed by atoms with Gasteiger partial charge in [0.1, 0.15) is 0 Å². The summed E-state index contributed by atoms with van der Waals surface area (Å²) in [5, 5.41) is 2.60. The minimum atomic E-state index is -4.24. The van der Waals surface area contributed by atoms with Gasteiger partial charge in [0.05, 0.1) is 24.4 Å². The number of anilines is 1. The number of nitrogens with one attached hydrogen (secondary N) is 1. The van der Waals surface area contributed by atoms with Gasteiger partial charge in [0.2, 0.25) is 11.8 Å². The van der Waals surface area contributed by atoms with Crippen molar-refractivity contribution in [3.05, 3.63) is 18.3 Å². The number of amides is 1. The molecule has 22 heavy (non-hydrogen) atoms. The van der Waals surface area contributed by atoms with Gasteiger partial charge >= 0.3 is 12.3 Å². The number of rotatable bonds is 6. The molecular formula is C13H14F4N2O3. The highest BCUT2D eigenvalue weighted by atomic mass is 19.3. The number of carbonyl (C=O) groups is 1. The van der Waals surface area contributed by atoms with Gasteiger partial charge < -0.3 is 14.8 Å². The zero-order chi connectivity index (χ0) is 16.2. The first-order chi connectivity index (χ1) is 10.4. The van der Waals surface area contributed by atoms with Gasteiger partial charge in [-0.15, -0.1) is 0 Å². The molecule has 9 heteroatoms. The number of nitrogens with zero attached hydrogens (tertiary/aromatic N) is 1. The number of alkyl halides is 4. The van der Waals surface area contributed by atoms with Gasteiger partial charge in [-0.25, -0.2) is 13.8 Å². The van der Waals surface area contributed by atoms with Crippen molar-refractivity contribution >= 4 is 11.6 Å². The Morgan fingerprint density at radius 3 is 2.82 bits per heavy atom. The van der Waals surface area contributed by atoms with Crippen LogP contribution in [0.1, 0.15) is 6.42 Å². The van der Waals surface area contributed by atoms with E-state index in [1.165, 1.54) is 18.3 Å². The summed E-state index contributed by atoms with van der Waals surface area (Å²) in [6, 6.07) is 2.60. The standard InChI is InChI=1S/C13H14F4N2O3/c14-12(15)13(16,17)7-22-10-2-1-9(5-18-10)19-11(20)8-3-4-21-6-8/h1-2,5,8,12H,3-4,6-7H2,(H,19,20). The van der Waals surface area contributed by atoms with Gasteiger partial charge in [0.25, 0.3) is 0 Å². The molecule has 0 aliphatic carbocycles. The Morgan fingerprint density at radius 1 is 1.50 bits per heavy atom. The van der Waals surface area contributed by atoms with Crippen LogP contribution in [-0.2, 0) is 9.53 Å². The van der Waals surface area contributed by atoms with E-state index in [9.17, 15) is 22.4 Å². The lowest BCUT2D eigenvalue weighted by Gasteiger charge is -2.15. The molecule has 1 atom stereocenters. The average molecular weight is 322 g/mol. The largest absolute Gasteiger partial charge is 0.471 e. The summed E-state index contributed by atoms with van der Waals surface area (Å²) in [6.45, 7) is -0.590. The molecule has 1 aliphatic heterocycles. The van der Waals surface area contributed by atoms with E-state index in [2.05, 4.69) is 15.0 Å². The molecule has 2 heterocycles. The first kappa shape index (κ1) is 16.5. The predicted molar refractivity (Wildman–Crippen MR) is 68.2 cm³/mol. The van der Waals surface area contributed by atoms with Gasteiger partial charge in [-0.1, -0.05) is 0 Å². The second-order valence-corrected chi connectivity index (χ2v) is 4.79. The van der Waals surface area contributed by atoms with E-state index in [1.807, 2.05) is 0 Å². The lowest BCUT2D eigenvalue weighted by atomic mass is 10.1.